The van der Waals surface area contributed by atoms with E-state index in [2.05, 4.69) is 6.26 Å². The van der Waals surface area contributed by atoms with Crippen LogP contribution in [0.3, 0.4) is 0 Å². The quantitative estimate of drug-likeness (QED) is 0.457. The topological polar surface area (TPSA) is 26.3 Å². The second-order valence-corrected chi connectivity index (χ2v) is 4.78. The molecule has 0 rings (SSSR count). The fourth-order valence-electron chi connectivity index (χ4n) is 0.519. The smallest absolute Gasteiger partial charge is 0.155 e. The van der Waals surface area contributed by atoms with Crippen LogP contribution in [-0.2, 0) is 9.53 Å². The van der Waals surface area contributed by atoms with E-state index in [1.54, 1.807) is 10.8 Å². The molecule has 0 amide bonds. The van der Waals surface area contributed by atoms with Crippen molar-refractivity contribution in [2.45, 2.75) is 13.3 Å². The van der Waals surface area contributed by atoms with Crippen molar-refractivity contribution in [1.29, 1.82) is 0 Å². The Balaban J connectivity index is 2.85. The van der Waals surface area contributed by atoms with Crippen LogP contribution in [0.25, 0.3) is 0 Å². The van der Waals surface area contributed by atoms with Crippen LogP contribution < -0.4 is 0 Å². The maximum absolute atomic E-state index is 10.4. The minimum atomic E-state index is 0.0996. The van der Waals surface area contributed by atoms with Gasteiger partial charge in [-0.2, -0.15) is 0 Å². The van der Waals surface area contributed by atoms with Gasteiger partial charge in [-0.25, -0.2) is 0 Å². The van der Waals surface area contributed by atoms with E-state index in [1.807, 2.05) is 10.8 Å². The monoisotopic (exact) mass is 194 g/mol. The maximum atomic E-state index is 10.4. The number of Topliss-reactive ketones (excluding diaryl/α,β-unsaturated/α-hetero) is 1. The summed E-state index contributed by atoms with van der Waals surface area (Å²) in [5, 5.41) is 0. The Morgan fingerprint density at radius 2 is 2.27 bits per heavy atom. The van der Waals surface area contributed by atoms with E-state index in [4.69, 9.17) is 4.74 Å². The lowest BCUT2D eigenvalue weighted by molar-refractivity contribution is -0.121. The Kier molecular flexibility index (Phi) is 8.68. The van der Waals surface area contributed by atoms with Crippen LogP contribution in [0.5, 0.6) is 0 Å². The van der Waals surface area contributed by atoms with E-state index in [0.29, 0.717) is 6.61 Å². The minimum absolute atomic E-state index is 0.0996. The first-order chi connectivity index (χ1) is 5.27. The molecule has 0 unspecified atom stereocenters. The molecule has 11 heavy (non-hydrogen) atoms. The number of rotatable bonds is 7. The van der Waals surface area contributed by atoms with E-state index in [0.717, 1.165) is 12.2 Å². The van der Waals surface area contributed by atoms with Crippen molar-refractivity contribution in [2.75, 3.05) is 25.2 Å². The van der Waals surface area contributed by atoms with Crippen molar-refractivity contribution in [1.82, 2.24) is 0 Å². The van der Waals surface area contributed by atoms with Crippen LogP contribution >= 0.6 is 21.6 Å². The largest absolute Gasteiger partial charge is 0.374 e. The van der Waals surface area contributed by atoms with E-state index in [9.17, 15) is 4.79 Å². The molecule has 2 nitrogen and oxygen atoms in total. The molecule has 0 aliphatic carbocycles. The first-order valence-electron chi connectivity index (χ1n) is 3.50. The fraction of sp³-hybridized carbons (Fsp3) is 0.857. The molecule has 0 radical (unpaired) electrons. The van der Waals surface area contributed by atoms with Crippen LogP contribution in [0.15, 0.2) is 0 Å². The third-order valence-electron chi connectivity index (χ3n) is 0.940. The van der Waals surface area contributed by atoms with Gasteiger partial charge in [-0.3, -0.25) is 4.79 Å². The normalized spacial score (nSPS) is 10.0. The lowest BCUT2D eigenvalue weighted by Crippen LogP contribution is -2.05. The zero-order valence-corrected chi connectivity index (χ0v) is 8.59. The van der Waals surface area contributed by atoms with Crippen molar-refractivity contribution in [3.05, 3.63) is 0 Å². The molecule has 0 heterocycles. The molecule has 0 aliphatic heterocycles. The average Bonchev–Trinajstić information content (AvgIpc) is 1.96. The average molecular weight is 194 g/mol. The van der Waals surface area contributed by atoms with Gasteiger partial charge in [0.05, 0.1) is 0 Å². The summed E-state index contributed by atoms with van der Waals surface area (Å²) in [5.74, 6) is 1.20. The van der Waals surface area contributed by atoms with Gasteiger partial charge in [0.1, 0.15) is 6.61 Å². The molecule has 0 saturated carbocycles. The lowest BCUT2D eigenvalue weighted by Gasteiger charge is -1.99. The van der Waals surface area contributed by atoms with Crippen LogP contribution in [-0.4, -0.2) is 31.0 Å². The van der Waals surface area contributed by atoms with Crippen LogP contribution in [0, 0.1) is 0 Å². The van der Waals surface area contributed by atoms with Crippen LogP contribution in [0.1, 0.15) is 13.3 Å². The highest BCUT2D eigenvalue weighted by Gasteiger charge is 1.92. The number of ether oxygens (including phenoxy) is 1. The molecule has 0 spiro atoms. The van der Waals surface area contributed by atoms with Gasteiger partial charge in [0.15, 0.2) is 5.78 Å². The summed E-state index contributed by atoms with van der Waals surface area (Å²) in [6, 6.07) is 0. The summed E-state index contributed by atoms with van der Waals surface area (Å²) < 4.78 is 5.07. The van der Waals surface area contributed by atoms with E-state index in [-0.39, 0.29) is 12.4 Å². The number of ketones is 1. The van der Waals surface area contributed by atoms with Crippen LogP contribution in [0.2, 0.25) is 0 Å². The zero-order chi connectivity index (χ0) is 8.53. The molecule has 0 aromatic heterocycles. The van der Waals surface area contributed by atoms with Gasteiger partial charge in [0.25, 0.3) is 0 Å². The highest BCUT2D eigenvalue weighted by Crippen LogP contribution is 2.16. The molecule has 0 aromatic rings. The number of carbonyl (C=O) groups excluding carboxylic acids is 1. The molecule has 0 aromatic carbocycles. The summed E-state index contributed by atoms with van der Waals surface area (Å²) in [5.41, 5.74) is 0. The Morgan fingerprint density at radius 3 is 2.82 bits per heavy atom. The predicted octanol–water partition coefficient (Wildman–Crippen LogP) is 1.99. The van der Waals surface area contributed by atoms with Crippen molar-refractivity contribution in [2.24, 2.45) is 0 Å². The second-order valence-electron chi connectivity index (χ2n) is 2.10. The Hall–Kier alpha value is 0.330. The van der Waals surface area contributed by atoms with E-state index in [1.165, 1.54) is 6.92 Å². The van der Waals surface area contributed by atoms with Gasteiger partial charge < -0.3 is 4.74 Å². The highest BCUT2D eigenvalue weighted by atomic mass is 33.1. The highest BCUT2D eigenvalue weighted by molar-refractivity contribution is 8.76. The Morgan fingerprint density at radius 1 is 1.55 bits per heavy atom. The second kappa shape index (κ2) is 8.43. The molecule has 4 heteroatoms. The van der Waals surface area contributed by atoms with Gasteiger partial charge in [0.2, 0.25) is 0 Å². The summed E-state index contributed by atoms with van der Waals surface area (Å²) in [6.07, 6.45) is 3.08. The summed E-state index contributed by atoms with van der Waals surface area (Å²) in [7, 11) is 3.58. The molecule has 0 saturated heterocycles. The third-order valence-corrected chi connectivity index (χ3v) is 2.84. The maximum Gasteiger partial charge on any atom is 0.155 e. The SMILES string of the molecule is CSSCCCOCC(C)=O. The number of carbonyl (C=O) groups is 1. The molecule has 0 atom stereocenters. The van der Waals surface area contributed by atoms with Gasteiger partial charge in [-0.15, -0.1) is 0 Å². The standard InChI is InChI=1S/C7H14O2S2/c1-7(8)6-9-4-3-5-11-10-2/h3-6H2,1-2H3. The molecule has 0 N–H and O–H groups in total. The number of hydrogen-bond acceptors (Lipinski definition) is 4. The predicted molar refractivity (Wildman–Crippen MR) is 52.1 cm³/mol. The van der Waals surface area contributed by atoms with Gasteiger partial charge in [-0.05, 0) is 19.6 Å². The summed E-state index contributed by atoms with van der Waals surface area (Å²) in [6.45, 7) is 2.51. The molecular weight excluding hydrogens is 180 g/mol. The van der Waals surface area contributed by atoms with Crippen molar-refractivity contribution in [3.8, 4) is 0 Å². The van der Waals surface area contributed by atoms with Crippen molar-refractivity contribution in [3.63, 3.8) is 0 Å². The summed E-state index contributed by atoms with van der Waals surface area (Å²) >= 11 is 0. The van der Waals surface area contributed by atoms with E-state index >= 15 is 0 Å². The third kappa shape index (κ3) is 10.3. The Bertz CT molecular complexity index is 107. The zero-order valence-electron chi connectivity index (χ0n) is 6.96. The molecule has 0 fully saturated rings. The minimum Gasteiger partial charge on any atom is -0.374 e. The van der Waals surface area contributed by atoms with E-state index < -0.39 is 0 Å². The fourth-order valence-corrected chi connectivity index (χ4v) is 1.78. The van der Waals surface area contributed by atoms with Gasteiger partial charge in [0, 0.05) is 12.4 Å². The van der Waals surface area contributed by atoms with Crippen molar-refractivity contribution >= 4 is 27.4 Å². The molecule has 66 valence electrons. The van der Waals surface area contributed by atoms with Gasteiger partial charge >= 0.3 is 0 Å². The first kappa shape index (κ1) is 11.3. The van der Waals surface area contributed by atoms with Crippen LogP contribution in [0.4, 0.5) is 0 Å². The lowest BCUT2D eigenvalue weighted by atomic mass is 10.5. The first-order valence-corrected chi connectivity index (χ1v) is 6.23. The van der Waals surface area contributed by atoms with Crippen molar-refractivity contribution < 1.29 is 9.53 Å². The molecular formula is C7H14O2S2. The molecule has 0 bridgehead atoms. The number of hydrogen-bond donors (Lipinski definition) is 0. The van der Waals surface area contributed by atoms with Gasteiger partial charge in [-0.1, -0.05) is 21.6 Å². The Labute approximate surface area is 75.9 Å². The molecule has 0 aliphatic rings. The summed E-state index contributed by atoms with van der Waals surface area (Å²) in [4.78, 5) is 10.4.